The summed E-state index contributed by atoms with van der Waals surface area (Å²) in [5.41, 5.74) is 6.03. The summed E-state index contributed by atoms with van der Waals surface area (Å²) in [6.45, 7) is 0.277. The molecule has 0 unspecified atom stereocenters. The molecule has 0 saturated heterocycles. The predicted molar refractivity (Wildman–Crippen MR) is 115 cm³/mol. The van der Waals surface area contributed by atoms with Gasteiger partial charge >= 0.3 is 0 Å². The summed E-state index contributed by atoms with van der Waals surface area (Å²) in [6, 6.07) is 7.29. The lowest BCUT2D eigenvalue weighted by molar-refractivity contribution is -0.0957. The minimum atomic E-state index is -0.937. The molecule has 0 spiro atoms. The average molecular weight is 474 g/mol. The zero-order chi connectivity index (χ0) is 23.7. The van der Waals surface area contributed by atoms with Gasteiger partial charge in [-0.25, -0.2) is 14.4 Å². The fourth-order valence-corrected chi connectivity index (χ4v) is 3.38. The molecule has 33 heavy (non-hydrogen) atoms. The monoisotopic (exact) mass is 473 g/mol. The van der Waals surface area contributed by atoms with Crippen LogP contribution in [0.2, 0.25) is 5.02 Å². The summed E-state index contributed by atoms with van der Waals surface area (Å²) in [6.07, 6.45) is 1.28. The van der Waals surface area contributed by atoms with Crippen LogP contribution >= 0.6 is 11.6 Å². The van der Waals surface area contributed by atoms with Crippen LogP contribution in [0.15, 0.2) is 36.5 Å². The van der Waals surface area contributed by atoms with E-state index in [1.54, 1.807) is 18.2 Å². The van der Waals surface area contributed by atoms with E-state index in [0.717, 1.165) is 17.7 Å². The maximum absolute atomic E-state index is 14.2. The number of carbonyl (C=O) groups is 2. The topological polar surface area (TPSA) is 129 Å². The van der Waals surface area contributed by atoms with Crippen LogP contribution in [0.5, 0.6) is 17.4 Å². The number of ether oxygens (including phenoxy) is 2. The Labute approximate surface area is 192 Å². The molecule has 2 heterocycles. The number of hydroxylamine groups is 2. The molecule has 0 atom stereocenters. The van der Waals surface area contributed by atoms with Crippen LogP contribution in [-0.4, -0.2) is 41.1 Å². The Bertz CT molecular complexity index is 1270. The molecule has 2 amide bonds. The smallest absolute Gasteiger partial charge is 0.281 e. The molecule has 1 aromatic heterocycles. The summed E-state index contributed by atoms with van der Waals surface area (Å²) < 4.78 is 25.3. The molecule has 2 aromatic carbocycles. The van der Waals surface area contributed by atoms with Crippen LogP contribution in [-0.2, 0) is 11.4 Å². The van der Waals surface area contributed by atoms with E-state index in [4.69, 9.17) is 31.6 Å². The Balaban J connectivity index is 1.65. The molecule has 4 rings (SSSR count). The normalized spacial score (nSPS) is 12.5. The molecular weight excluding hydrogens is 457 g/mol. The second-order valence-electron chi connectivity index (χ2n) is 6.78. The van der Waals surface area contributed by atoms with E-state index in [1.165, 1.54) is 25.5 Å². The predicted octanol–water partition coefficient (Wildman–Crippen LogP) is 3.43. The second-order valence-corrected chi connectivity index (χ2v) is 7.19. The lowest BCUT2D eigenvalue weighted by atomic mass is 10.1. The highest BCUT2D eigenvalue weighted by Crippen LogP contribution is 2.36. The fraction of sp³-hybridized carbons (Fsp3) is 0.143. The first kappa shape index (κ1) is 22.2. The number of hydrogen-bond donors (Lipinski definition) is 2. The number of nitrogens with one attached hydrogen (secondary N) is 1. The third-order valence-electron chi connectivity index (χ3n) is 4.81. The highest BCUT2D eigenvalue weighted by Gasteiger charge is 2.31. The van der Waals surface area contributed by atoms with Crippen molar-refractivity contribution in [2.45, 2.75) is 6.54 Å². The van der Waals surface area contributed by atoms with Crippen LogP contribution in [0.4, 0.5) is 16.0 Å². The minimum Gasteiger partial charge on any atom is -0.495 e. The van der Waals surface area contributed by atoms with Gasteiger partial charge in [-0.3, -0.25) is 14.4 Å². The fourth-order valence-electron chi connectivity index (χ4n) is 3.25. The summed E-state index contributed by atoms with van der Waals surface area (Å²) >= 11 is 6.20. The number of hydrogen-bond acceptors (Lipinski definition) is 8. The number of aromatic nitrogens is 2. The number of fused-ring (bicyclic) bond motifs is 1. The number of primary amides is 1. The van der Waals surface area contributed by atoms with Gasteiger partial charge in [-0.2, -0.15) is 4.98 Å². The molecule has 12 heteroatoms. The van der Waals surface area contributed by atoms with E-state index >= 15 is 0 Å². The van der Waals surface area contributed by atoms with Crippen LogP contribution in [0.1, 0.15) is 26.3 Å². The highest BCUT2D eigenvalue weighted by atomic mass is 35.5. The summed E-state index contributed by atoms with van der Waals surface area (Å²) in [5.74, 6) is -1.82. The van der Waals surface area contributed by atoms with Crippen molar-refractivity contribution in [3.8, 4) is 17.4 Å². The van der Waals surface area contributed by atoms with Gasteiger partial charge in [0.1, 0.15) is 22.3 Å². The van der Waals surface area contributed by atoms with Crippen LogP contribution < -0.4 is 20.5 Å². The van der Waals surface area contributed by atoms with Crippen molar-refractivity contribution in [1.29, 1.82) is 0 Å². The minimum absolute atomic E-state index is 0.00338. The number of nitrogens with two attached hydrogens (primary N) is 1. The molecule has 0 aliphatic carbocycles. The number of rotatable bonds is 7. The molecule has 0 bridgehead atoms. The van der Waals surface area contributed by atoms with Crippen molar-refractivity contribution < 1.29 is 28.3 Å². The molecule has 1 aliphatic rings. The maximum atomic E-state index is 14.2. The number of benzene rings is 2. The Morgan fingerprint density at radius 3 is 2.76 bits per heavy atom. The van der Waals surface area contributed by atoms with Gasteiger partial charge in [0.25, 0.3) is 11.8 Å². The third kappa shape index (κ3) is 4.23. The highest BCUT2D eigenvalue weighted by molar-refractivity contribution is 6.31. The SMILES string of the molecule is COc1cc(C(N)=O)c(F)cc1Nc1ncc(Cl)c(Oc2cccc3c2C(=O)N(OC)C3)n1. The number of carbonyl (C=O) groups excluding carboxylic acids is 2. The Morgan fingerprint density at radius 1 is 1.27 bits per heavy atom. The lowest BCUT2D eigenvalue weighted by Gasteiger charge is -2.14. The quantitative estimate of drug-likeness (QED) is 0.534. The van der Waals surface area contributed by atoms with Gasteiger partial charge in [0.15, 0.2) is 0 Å². The van der Waals surface area contributed by atoms with Crippen molar-refractivity contribution in [2.24, 2.45) is 5.73 Å². The first-order chi connectivity index (χ1) is 15.8. The van der Waals surface area contributed by atoms with Crippen LogP contribution in [0, 0.1) is 5.82 Å². The lowest BCUT2D eigenvalue weighted by Crippen LogP contribution is -2.22. The van der Waals surface area contributed by atoms with Gasteiger partial charge in [0.2, 0.25) is 11.8 Å². The molecule has 3 N–H and O–H groups in total. The molecular formula is C21H17ClFN5O5. The number of methoxy groups -OCH3 is 1. The largest absolute Gasteiger partial charge is 0.495 e. The third-order valence-corrected chi connectivity index (χ3v) is 5.07. The van der Waals surface area contributed by atoms with E-state index in [-0.39, 0.29) is 52.1 Å². The van der Waals surface area contributed by atoms with Crippen molar-refractivity contribution in [3.63, 3.8) is 0 Å². The molecule has 1 aliphatic heterocycles. The molecule has 10 nitrogen and oxygen atoms in total. The van der Waals surface area contributed by atoms with E-state index in [0.29, 0.717) is 5.56 Å². The molecule has 0 fully saturated rings. The van der Waals surface area contributed by atoms with Crippen LogP contribution in [0.25, 0.3) is 0 Å². The number of nitrogens with zero attached hydrogens (tertiary/aromatic N) is 3. The summed E-state index contributed by atoms with van der Waals surface area (Å²) in [5, 5.41) is 4.06. The second kappa shape index (κ2) is 8.88. The van der Waals surface area contributed by atoms with Crippen molar-refractivity contribution in [3.05, 3.63) is 64.1 Å². The molecule has 3 aromatic rings. The van der Waals surface area contributed by atoms with Gasteiger partial charge in [-0.1, -0.05) is 23.7 Å². The van der Waals surface area contributed by atoms with E-state index in [9.17, 15) is 14.0 Å². The summed E-state index contributed by atoms with van der Waals surface area (Å²) in [7, 11) is 2.74. The Kier molecular flexibility index (Phi) is 5.99. The number of anilines is 2. The molecule has 170 valence electrons. The van der Waals surface area contributed by atoms with Gasteiger partial charge in [0.05, 0.1) is 43.8 Å². The van der Waals surface area contributed by atoms with E-state index < -0.39 is 11.7 Å². The zero-order valence-corrected chi connectivity index (χ0v) is 18.1. The zero-order valence-electron chi connectivity index (χ0n) is 17.4. The van der Waals surface area contributed by atoms with Crippen molar-refractivity contribution >= 4 is 35.1 Å². The number of halogens is 2. The molecule has 0 saturated carbocycles. The standard InChI is InChI=1S/C21H17ClFN5O5/c1-31-16-6-11(18(24)29)13(23)7-14(16)26-21-25-8-12(22)19(27-21)33-15-5-3-4-10-9-28(32-2)20(30)17(10)15/h3-8H,9H2,1-2H3,(H2,24,29)(H,25,26,27). The van der Waals surface area contributed by atoms with Crippen molar-refractivity contribution in [2.75, 3.05) is 19.5 Å². The van der Waals surface area contributed by atoms with Gasteiger partial charge in [0, 0.05) is 6.07 Å². The van der Waals surface area contributed by atoms with Crippen molar-refractivity contribution in [1.82, 2.24) is 15.0 Å². The molecule has 0 radical (unpaired) electrons. The summed E-state index contributed by atoms with van der Waals surface area (Å²) in [4.78, 5) is 37.3. The first-order valence-electron chi connectivity index (χ1n) is 9.45. The Morgan fingerprint density at radius 2 is 2.06 bits per heavy atom. The van der Waals surface area contributed by atoms with Gasteiger partial charge in [-0.15, -0.1) is 0 Å². The maximum Gasteiger partial charge on any atom is 0.281 e. The number of amides is 2. The average Bonchev–Trinajstić information content (AvgIpc) is 3.12. The van der Waals surface area contributed by atoms with Gasteiger partial charge < -0.3 is 20.5 Å². The first-order valence-corrected chi connectivity index (χ1v) is 9.82. The van der Waals surface area contributed by atoms with E-state index in [1.807, 2.05) is 0 Å². The Hall–Kier alpha value is -3.96. The van der Waals surface area contributed by atoms with Gasteiger partial charge in [-0.05, 0) is 17.7 Å². The van der Waals surface area contributed by atoms with Crippen LogP contribution in [0.3, 0.4) is 0 Å². The van der Waals surface area contributed by atoms with E-state index in [2.05, 4.69) is 15.3 Å².